The number of urea groups is 1. The Morgan fingerprint density at radius 1 is 0.812 bits per heavy atom. The molecular formula is C25H24N4O3. The first-order valence-corrected chi connectivity index (χ1v) is 10.2. The number of nitrogens with one attached hydrogen (secondary N) is 2. The summed E-state index contributed by atoms with van der Waals surface area (Å²) in [5.74, 6) is 0.667. The minimum Gasteiger partial charge on any atom is -0.496 e. The van der Waals surface area contributed by atoms with Gasteiger partial charge in [0.15, 0.2) is 0 Å². The first-order chi connectivity index (χ1) is 15.5. The minimum absolute atomic E-state index is 0.203. The number of nitrogens with zero attached hydrogens (tertiary/aromatic N) is 2. The topological polar surface area (TPSA) is 77.3 Å². The van der Waals surface area contributed by atoms with Crippen LogP contribution in [0.15, 0.2) is 83.7 Å². The molecule has 162 valence electrons. The Morgan fingerprint density at radius 3 is 2.00 bits per heavy atom. The third-order valence-corrected chi connectivity index (χ3v) is 5.19. The molecule has 4 rings (SSSR count). The number of hydrogen-bond donors (Lipinski definition) is 2. The summed E-state index contributed by atoms with van der Waals surface area (Å²) in [6, 6.07) is 23.7. The van der Waals surface area contributed by atoms with Gasteiger partial charge in [0, 0.05) is 11.8 Å². The van der Waals surface area contributed by atoms with Gasteiger partial charge in [0.25, 0.3) is 5.56 Å². The molecule has 7 heteroatoms. The fraction of sp³-hybridized carbons (Fsp3) is 0.120. The second kappa shape index (κ2) is 8.85. The molecule has 0 fully saturated rings. The fourth-order valence-corrected chi connectivity index (χ4v) is 3.61. The molecule has 7 nitrogen and oxygen atoms in total. The number of hydrogen-bond acceptors (Lipinski definition) is 3. The van der Waals surface area contributed by atoms with Crippen LogP contribution in [0.25, 0.3) is 11.4 Å². The highest BCUT2D eigenvalue weighted by Crippen LogP contribution is 2.23. The summed E-state index contributed by atoms with van der Waals surface area (Å²) in [6.45, 7) is 3.72. The van der Waals surface area contributed by atoms with Gasteiger partial charge in [0.1, 0.15) is 11.4 Å². The lowest BCUT2D eigenvalue weighted by atomic mass is 10.2. The van der Waals surface area contributed by atoms with E-state index in [0.29, 0.717) is 22.8 Å². The van der Waals surface area contributed by atoms with Gasteiger partial charge in [-0.25, -0.2) is 14.2 Å². The summed E-state index contributed by atoms with van der Waals surface area (Å²) in [5.41, 5.74) is 3.52. The van der Waals surface area contributed by atoms with Gasteiger partial charge in [0.05, 0.1) is 24.2 Å². The van der Waals surface area contributed by atoms with Gasteiger partial charge in [-0.05, 0) is 49.7 Å². The van der Waals surface area contributed by atoms with E-state index in [-0.39, 0.29) is 11.2 Å². The molecule has 0 aliphatic rings. The Bertz CT molecular complexity index is 1310. The molecule has 2 amide bonds. The number of aryl methyl sites for hydroxylation is 1. The van der Waals surface area contributed by atoms with E-state index in [2.05, 4.69) is 10.6 Å². The van der Waals surface area contributed by atoms with Crippen molar-refractivity contribution >= 4 is 17.4 Å². The zero-order chi connectivity index (χ0) is 22.7. The largest absolute Gasteiger partial charge is 0.496 e. The van der Waals surface area contributed by atoms with E-state index in [1.54, 1.807) is 35.5 Å². The molecule has 0 saturated heterocycles. The van der Waals surface area contributed by atoms with Crippen molar-refractivity contribution in [2.75, 3.05) is 17.7 Å². The van der Waals surface area contributed by atoms with Gasteiger partial charge >= 0.3 is 6.03 Å². The maximum Gasteiger partial charge on any atom is 0.323 e. The predicted molar refractivity (Wildman–Crippen MR) is 126 cm³/mol. The number of amides is 2. The van der Waals surface area contributed by atoms with Crippen LogP contribution in [0.1, 0.15) is 11.3 Å². The summed E-state index contributed by atoms with van der Waals surface area (Å²) in [5, 5.41) is 5.50. The predicted octanol–water partition coefficient (Wildman–Crippen LogP) is 4.90. The molecular weight excluding hydrogens is 404 g/mol. The number of anilines is 2. The van der Waals surface area contributed by atoms with Crippen molar-refractivity contribution in [2.24, 2.45) is 0 Å². The number of benzene rings is 3. The smallest absolute Gasteiger partial charge is 0.323 e. The van der Waals surface area contributed by atoms with Crippen LogP contribution in [-0.4, -0.2) is 22.5 Å². The van der Waals surface area contributed by atoms with Crippen LogP contribution in [0.5, 0.6) is 5.75 Å². The molecule has 0 aliphatic carbocycles. The van der Waals surface area contributed by atoms with E-state index in [0.717, 1.165) is 11.3 Å². The number of ether oxygens (including phenoxy) is 1. The van der Waals surface area contributed by atoms with E-state index < -0.39 is 6.03 Å². The third kappa shape index (κ3) is 4.00. The molecule has 2 N–H and O–H groups in total. The van der Waals surface area contributed by atoms with Crippen molar-refractivity contribution in [3.05, 3.63) is 100 Å². The summed E-state index contributed by atoms with van der Waals surface area (Å²) in [4.78, 5) is 26.1. The van der Waals surface area contributed by atoms with E-state index in [1.807, 2.05) is 73.7 Å². The highest BCUT2D eigenvalue weighted by Gasteiger charge is 2.21. The number of rotatable bonds is 5. The molecule has 0 aliphatic heterocycles. The number of carbonyl (C=O) groups is 1. The van der Waals surface area contributed by atoms with Crippen LogP contribution in [0.3, 0.4) is 0 Å². The molecule has 0 bridgehead atoms. The Balaban J connectivity index is 1.73. The van der Waals surface area contributed by atoms with Crippen molar-refractivity contribution in [3.8, 4) is 17.1 Å². The standard InChI is InChI=1S/C25H24N4O3/c1-17-14-15-19(16-22(17)32-3)26-25(31)27-23-18(2)28(20-10-6-4-7-11-20)29(24(23)30)21-12-8-5-9-13-21/h4-16H,1-3H3,(H2,26,27,31). The normalized spacial score (nSPS) is 10.6. The molecule has 1 aromatic heterocycles. The van der Waals surface area contributed by atoms with E-state index in [1.165, 1.54) is 0 Å². The van der Waals surface area contributed by atoms with Crippen molar-refractivity contribution in [3.63, 3.8) is 0 Å². The Kier molecular flexibility index (Phi) is 5.81. The summed E-state index contributed by atoms with van der Waals surface area (Å²) >= 11 is 0. The lowest BCUT2D eigenvalue weighted by Crippen LogP contribution is -2.25. The van der Waals surface area contributed by atoms with Gasteiger partial charge in [-0.2, -0.15) is 0 Å². The molecule has 0 saturated carbocycles. The van der Waals surface area contributed by atoms with E-state index in [9.17, 15) is 9.59 Å². The molecule has 0 atom stereocenters. The number of methoxy groups -OCH3 is 1. The Morgan fingerprint density at radius 2 is 1.41 bits per heavy atom. The lowest BCUT2D eigenvalue weighted by Gasteiger charge is -2.13. The average Bonchev–Trinajstić information content (AvgIpc) is 3.06. The highest BCUT2D eigenvalue weighted by molar-refractivity contribution is 6.00. The van der Waals surface area contributed by atoms with Crippen molar-refractivity contribution in [2.45, 2.75) is 13.8 Å². The van der Waals surface area contributed by atoms with Crippen LogP contribution in [0, 0.1) is 13.8 Å². The van der Waals surface area contributed by atoms with Crippen LogP contribution >= 0.6 is 0 Å². The first-order valence-electron chi connectivity index (χ1n) is 10.2. The summed E-state index contributed by atoms with van der Waals surface area (Å²) in [6.07, 6.45) is 0. The maximum atomic E-state index is 13.4. The molecule has 0 spiro atoms. The van der Waals surface area contributed by atoms with Crippen molar-refractivity contribution in [1.82, 2.24) is 9.36 Å². The van der Waals surface area contributed by atoms with E-state index >= 15 is 0 Å². The molecule has 1 heterocycles. The van der Waals surface area contributed by atoms with Gasteiger partial charge in [-0.15, -0.1) is 0 Å². The molecule has 0 radical (unpaired) electrons. The lowest BCUT2D eigenvalue weighted by molar-refractivity contribution is 0.262. The van der Waals surface area contributed by atoms with Crippen LogP contribution in [0.2, 0.25) is 0 Å². The fourth-order valence-electron chi connectivity index (χ4n) is 3.61. The van der Waals surface area contributed by atoms with Crippen molar-refractivity contribution < 1.29 is 9.53 Å². The Labute approximate surface area is 185 Å². The zero-order valence-electron chi connectivity index (χ0n) is 18.1. The van der Waals surface area contributed by atoms with Gasteiger partial charge in [-0.3, -0.25) is 4.79 Å². The average molecular weight is 428 g/mol. The second-order valence-electron chi connectivity index (χ2n) is 7.32. The van der Waals surface area contributed by atoms with Gasteiger partial charge in [-0.1, -0.05) is 42.5 Å². The Hall–Kier alpha value is -4.26. The summed E-state index contributed by atoms with van der Waals surface area (Å²) in [7, 11) is 1.58. The highest BCUT2D eigenvalue weighted by atomic mass is 16.5. The first kappa shape index (κ1) is 21.0. The zero-order valence-corrected chi connectivity index (χ0v) is 18.1. The van der Waals surface area contributed by atoms with E-state index in [4.69, 9.17) is 4.74 Å². The molecule has 0 unspecified atom stereocenters. The minimum atomic E-state index is -0.512. The van der Waals surface area contributed by atoms with Gasteiger partial charge in [0.2, 0.25) is 0 Å². The monoisotopic (exact) mass is 428 g/mol. The SMILES string of the molecule is COc1cc(NC(=O)Nc2c(C)n(-c3ccccc3)n(-c3ccccc3)c2=O)ccc1C. The quantitative estimate of drug-likeness (QED) is 0.475. The number of aromatic nitrogens is 2. The van der Waals surface area contributed by atoms with Crippen LogP contribution in [0.4, 0.5) is 16.2 Å². The third-order valence-electron chi connectivity index (χ3n) is 5.19. The summed E-state index contributed by atoms with van der Waals surface area (Å²) < 4.78 is 8.66. The molecule has 3 aromatic carbocycles. The molecule has 32 heavy (non-hydrogen) atoms. The number of para-hydroxylation sites is 2. The maximum absolute atomic E-state index is 13.4. The second-order valence-corrected chi connectivity index (χ2v) is 7.32. The number of carbonyl (C=O) groups excluding carboxylic acids is 1. The van der Waals surface area contributed by atoms with Crippen LogP contribution in [-0.2, 0) is 0 Å². The van der Waals surface area contributed by atoms with Gasteiger partial charge < -0.3 is 15.4 Å². The van der Waals surface area contributed by atoms with Crippen molar-refractivity contribution in [1.29, 1.82) is 0 Å². The van der Waals surface area contributed by atoms with Crippen LogP contribution < -0.4 is 20.9 Å². The molecule has 4 aromatic rings.